The van der Waals surface area contributed by atoms with E-state index < -0.39 is 6.03 Å². The lowest BCUT2D eigenvalue weighted by molar-refractivity contribution is 0.205. The lowest BCUT2D eigenvalue weighted by atomic mass is 9.96. The fourth-order valence-corrected chi connectivity index (χ4v) is 4.09. The number of aromatic nitrogens is 2. The van der Waals surface area contributed by atoms with Crippen LogP contribution in [0.1, 0.15) is 37.9 Å². The van der Waals surface area contributed by atoms with Gasteiger partial charge in [0.05, 0.1) is 5.69 Å². The third kappa shape index (κ3) is 6.83. The highest BCUT2D eigenvalue weighted by Crippen LogP contribution is 2.22. The van der Waals surface area contributed by atoms with E-state index in [1.807, 2.05) is 50.4 Å². The molecule has 7 heteroatoms. The number of nitrogens with one attached hydrogen (secondary N) is 1. The molecule has 1 aliphatic heterocycles. The zero-order chi connectivity index (χ0) is 23.6. The average molecular weight is 447 g/mol. The maximum Gasteiger partial charge on any atom is 0.347 e. The molecule has 174 valence electrons. The van der Waals surface area contributed by atoms with Crippen LogP contribution in [0, 0.1) is 12.8 Å². The molecule has 0 bridgehead atoms. The van der Waals surface area contributed by atoms with Gasteiger partial charge in [-0.3, -0.25) is 9.97 Å². The van der Waals surface area contributed by atoms with E-state index in [2.05, 4.69) is 38.2 Å². The maximum absolute atomic E-state index is 12.5. The van der Waals surface area contributed by atoms with Gasteiger partial charge < -0.3 is 16.0 Å². The number of hydrogen-bond acceptors (Lipinski definition) is 4. The van der Waals surface area contributed by atoms with Crippen LogP contribution >= 0.6 is 0 Å². The summed E-state index contributed by atoms with van der Waals surface area (Å²) in [5, 5.41) is 4.75. The Kier molecular flexibility index (Phi) is 8.89. The first-order chi connectivity index (χ1) is 16.1. The van der Waals surface area contributed by atoms with Gasteiger partial charge >= 0.3 is 6.03 Å². The van der Waals surface area contributed by atoms with Gasteiger partial charge in [-0.1, -0.05) is 26.0 Å². The summed E-state index contributed by atoms with van der Waals surface area (Å²) in [6.07, 6.45) is 8.23. The minimum atomic E-state index is -0.442. The molecule has 3 heterocycles. The second-order valence-electron chi connectivity index (χ2n) is 8.08. The number of anilines is 1. The standard InChI is InChI=1S/C24H28N6O.C2H6/c1-17-7-11-27-20(14-17)9-13-30-12-3-5-19(16-30)23(25)29-24(31)28-22-6-2-4-18-15-26-10-8-21(18)22;1-2/h2,4,6-8,10-11,14-15,19H,3,5,9,12-13,16H2,1H3,(H3,25,28,29,31);1-2H3. The number of likely N-dealkylation sites (tertiary alicyclic amines) is 1. The van der Waals surface area contributed by atoms with Gasteiger partial charge in [-0.2, -0.15) is 4.99 Å². The van der Waals surface area contributed by atoms with Crippen LogP contribution in [0.4, 0.5) is 10.5 Å². The third-order valence-electron chi connectivity index (χ3n) is 5.73. The van der Waals surface area contributed by atoms with Crippen LogP contribution in [0.3, 0.4) is 0 Å². The zero-order valence-electron chi connectivity index (χ0n) is 19.8. The summed E-state index contributed by atoms with van der Waals surface area (Å²) in [7, 11) is 0. The summed E-state index contributed by atoms with van der Waals surface area (Å²) in [4.78, 5) is 27.6. The topological polar surface area (TPSA) is 96.5 Å². The van der Waals surface area contributed by atoms with Crippen molar-refractivity contribution in [3.63, 3.8) is 0 Å². The van der Waals surface area contributed by atoms with E-state index in [1.54, 1.807) is 12.4 Å². The fraction of sp³-hybridized carbons (Fsp3) is 0.385. The second kappa shape index (κ2) is 12.1. The molecule has 2 amide bonds. The SMILES string of the molecule is CC.Cc1ccnc(CCN2CCCC(/C(N)=N/C(=O)Nc3cccc4cnccc34)C2)c1. The summed E-state index contributed by atoms with van der Waals surface area (Å²) in [5.74, 6) is 0.486. The lowest BCUT2D eigenvalue weighted by Crippen LogP contribution is -2.42. The molecule has 0 radical (unpaired) electrons. The number of urea groups is 1. The predicted molar refractivity (Wildman–Crippen MR) is 136 cm³/mol. The van der Waals surface area contributed by atoms with E-state index in [-0.39, 0.29) is 5.92 Å². The minimum absolute atomic E-state index is 0.0849. The van der Waals surface area contributed by atoms with Crippen molar-refractivity contribution in [1.29, 1.82) is 0 Å². The van der Waals surface area contributed by atoms with Gasteiger partial charge in [0, 0.05) is 60.5 Å². The highest BCUT2D eigenvalue weighted by atomic mass is 16.2. The molecule has 1 atom stereocenters. The zero-order valence-corrected chi connectivity index (χ0v) is 19.8. The van der Waals surface area contributed by atoms with Crippen molar-refractivity contribution >= 4 is 28.3 Å². The normalized spacial score (nSPS) is 16.7. The van der Waals surface area contributed by atoms with Crippen LogP contribution in [0.25, 0.3) is 10.8 Å². The largest absolute Gasteiger partial charge is 0.387 e. The molecular formula is C26H34N6O. The Balaban J connectivity index is 0.00000149. The summed E-state index contributed by atoms with van der Waals surface area (Å²) in [6.45, 7) is 8.86. The number of nitrogens with two attached hydrogens (primary N) is 1. The molecule has 4 rings (SSSR count). The van der Waals surface area contributed by atoms with E-state index in [4.69, 9.17) is 5.73 Å². The maximum atomic E-state index is 12.5. The molecule has 3 N–H and O–H groups in total. The molecule has 3 aromatic rings. The molecular weight excluding hydrogens is 412 g/mol. The number of amides is 2. The van der Waals surface area contributed by atoms with E-state index in [9.17, 15) is 4.79 Å². The molecule has 0 saturated carbocycles. The number of piperidine rings is 1. The number of aliphatic imine (C=N–C) groups is 1. The number of nitrogens with zero attached hydrogens (tertiary/aromatic N) is 4. The number of fused-ring (bicyclic) bond motifs is 1. The average Bonchev–Trinajstić information content (AvgIpc) is 2.84. The molecule has 1 saturated heterocycles. The number of amidine groups is 1. The molecule has 0 aliphatic carbocycles. The van der Waals surface area contributed by atoms with Gasteiger partial charge in [0.2, 0.25) is 0 Å². The van der Waals surface area contributed by atoms with Crippen molar-refractivity contribution in [2.75, 3.05) is 25.0 Å². The van der Waals surface area contributed by atoms with E-state index in [1.165, 1.54) is 5.56 Å². The molecule has 7 nitrogen and oxygen atoms in total. The van der Waals surface area contributed by atoms with Crippen LogP contribution in [0.15, 0.2) is 60.0 Å². The number of hydrogen-bond donors (Lipinski definition) is 2. The summed E-state index contributed by atoms with van der Waals surface area (Å²) >= 11 is 0. The first-order valence-electron chi connectivity index (χ1n) is 11.7. The Labute approximate surface area is 196 Å². The van der Waals surface area contributed by atoms with Crippen LogP contribution in [-0.4, -0.2) is 46.4 Å². The quantitative estimate of drug-likeness (QED) is 0.433. The summed E-state index contributed by atoms with van der Waals surface area (Å²) in [5.41, 5.74) is 9.28. The Hall–Kier alpha value is -3.32. The van der Waals surface area contributed by atoms with E-state index in [0.717, 1.165) is 55.4 Å². The van der Waals surface area contributed by atoms with Gasteiger partial charge in [-0.15, -0.1) is 0 Å². The number of rotatable bonds is 5. The molecule has 1 aromatic carbocycles. The van der Waals surface area contributed by atoms with Crippen molar-refractivity contribution in [1.82, 2.24) is 14.9 Å². The number of benzene rings is 1. The Morgan fingerprint density at radius 3 is 2.91 bits per heavy atom. The first kappa shape index (κ1) is 24.3. The smallest absolute Gasteiger partial charge is 0.347 e. The van der Waals surface area contributed by atoms with Crippen molar-refractivity contribution in [3.8, 4) is 0 Å². The van der Waals surface area contributed by atoms with Gasteiger partial charge in [0.1, 0.15) is 5.84 Å². The molecule has 0 spiro atoms. The van der Waals surface area contributed by atoms with Crippen molar-refractivity contribution in [3.05, 3.63) is 66.2 Å². The van der Waals surface area contributed by atoms with Crippen molar-refractivity contribution in [2.45, 2.75) is 40.0 Å². The molecule has 1 unspecified atom stereocenters. The van der Waals surface area contributed by atoms with Crippen LogP contribution in [0.2, 0.25) is 0 Å². The van der Waals surface area contributed by atoms with Crippen LogP contribution < -0.4 is 11.1 Å². The number of carbonyl (C=O) groups is 1. The van der Waals surface area contributed by atoms with Gasteiger partial charge in [0.15, 0.2) is 0 Å². The highest BCUT2D eigenvalue weighted by Gasteiger charge is 2.23. The first-order valence-corrected chi connectivity index (χ1v) is 11.7. The molecule has 2 aromatic heterocycles. The van der Waals surface area contributed by atoms with Crippen molar-refractivity contribution < 1.29 is 4.79 Å². The van der Waals surface area contributed by atoms with E-state index >= 15 is 0 Å². The number of pyridine rings is 2. The Bertz CT molecular complexity index is 1090. The van der Waals surface area contributed by atoms with Crippen LogP contribution in [-0.2, 0) is 6.42 Å². The monoisotopic (exact) mass is 446 g/mol. The number of carbonyl (C=O) groups excluding carboxylic acids is 1. The summed E-state index contributed by atoms with van der Waals surface area (Å²) in [6, 6.07) is 11.3. The van der Waals surface area contributed by atoms with Crippen LogP contribution in [0.5, 0.6) is 0 Å². The van der Waals surface area contributed by atoms with Crippen molar-refractivity contribution in [2.24, 2.45) is 16.6 Å². The lowest BCUT2D eigenvalue weighted by Gasteiger charge is -2.32. The Morgan fingerprint density at radius 1 is 1.24 bits per heavy atom. The molecule has 1 fully saturated rings. The number of aryl methyl sites for hydroxylation is 1. The van der Waals surface area contributed by atoms with Gasteiger partial charge in [0.25, 0.3) is 0 Å². The van der Waals surface area contributed by atoms with E-state index in [0.29, 0.717) is 11.5 Å². The van der Waals surface area contributed by atoms with Gasteiger partial charge in [-0.25, -0.2) is 4.79 Å². The predicted octanol–water partition coefficient (Wildman–Crippen LogP) is 4.81. The molecule has 1 aliphatic rings. The third-order valence-corrected chi connectivity index (χ3v) is 5.73. The van der Waals surface area contributed by atoms with Gasteiger partial charge in [-0.05, 0) is 56.1 Å². The molecule has 33 heavy (non-hydrogen) atoms. The second-order valence-corrected chi connectivity index (χ2v) is 8.08. The summed E-state index contributed by atoms with van der Waals surface area (Å²) < 4.78 is 0. The fourth-order valence-electron chi connectivity index (χ4n) is 4.09. The highest BCUT2D eigenvalue weighted by molar-refractivity contribution is 6.05. The minimum Gasteiger partial charge on any atom is -0.387 e. The Morgan fingerprint density at radius 2 is 2.09 bits per heavy atom.